The van der Waals surface area contributed by atoms with E-state index in [1.807, 2.05) is 13.8 Å². The molecule has 0 amide bonds. The SMILES string of the molecule is CCCCCOC(=O)CC(C)(C(=O)OCCCCC)S(=O)(=O)O.[H-].[Na+]. The molecule has 7 nitrogen and oxygen atoms in total. The van der Waals surface area contributed by atoms with Crippen molar-refractivity contribution in [3.05, 3.63) is 0 Å². The summed E-state index contributed by atoms with van der Waals surface area (Å²) in [6.07, 6.45) is 4.04. The number of carbonyl (C=O) groups is 2. The average molecular weight is 376 g/mol. The van der Waals surface area contributed by atoms with Gasteiger partial charge >= 0.3 is 41.5 Å². The molecule has 9 heteroatoms. The van der Waals surface area contributed by atoms with Gasteiger partial charge in [-0.15, -0.1) is 0 Å². The summed E-state index contributed by atoms with van der Waals surface area (Å²) in [7, 11) is -4.81. The van der Waals surface area contributed by atoms with E-state index < -0.39 is 33.2 Å². The number of rotatable bonds is 12. The Morgan fingerprint density at radius 3 is 1.88 bits per heavy atom. The molecular formula is C15H29NaO7S. The van der Waals surface area contributed by atoms with Gasteiger partial charge in [0.2, 0.25) is 4.75 Å². The Morgan fingerprint density at radius 1 is 1.00 bits per heavy atom. The second-order valence-electron chi connectivity index (χ2n) is 5.65. The van der Waals surface area contributed by atoms with Gasteiger partial charge in [-0.3, -0.25) is 14.1 Å². The molecule has 0 aromatic rings. The number of unbranched alkanes of at least 4 members (excludes halogenated alkanes) is 4. The molecule has 0 fully saturated rings. The van der Waals surface area contributed by atoms with Gasteiger partial charge in [0.1, 0.15) is 0 Å². The van der Waals surface area contributed by atoms with Gasteiger partial charge in [-0.25, -0.2) is 0 Å². The summed E-state index contributed by atoms with van der Waals surface area (Å²) in [5.41, 5.74) is 0. The largest absolute Gasteiger partial charge is 1.00 e. The maximum atomic E-state index is 12.0. The molecule has 138 valence electrons. The van der Waals surface area contributed by atoms with Gasteiger partial charge < -0.3 is 10.9 Å². The van der Waals surface area contributed by atoms with E-state index in [-0.39, 0.29) is 44.2 Å². The Morgan fingerprint density at radius 2 is 1.46 bits per heavy atom. The van der Waals surface area contributed by atoms with Crippen LogP contribution in [0.2, 0.25) is 0 Å². The second-order valence-corrected chi connectivity index (χ2v) is 7.50. The van der Waals surface area contributed by atoms with E-state index in [1.165, 1.54) is 0 Å². The molecule has 0 aromatic carbocycles. The zero-order chi connectivity index (χ0) is 17.9. The van der Waals surface area contributed by atoms with Crippen LogP contribution in [0.25, 0.3) is 0 Å². The molecule has 0 saturated carbocycles. The summed E-state index contributed by atoms with van der Waals surface area (Å²) in [4.78, 5) is 23.8. The van der Waals surface area contributed by atoms with Crippen LogP contribution in [0.3, 0.4) is 0 Å². The van der Waals surface area contributed by atoms with E-state index in [0.717, 1.165) is 32.6 Å². The van der Waals surface area contributed by atoms with Gasteiger partial charge in [-0.2, -0.15) is 8.42 Å². The standard InChI is InChI=1S/C15H28O7S.Na.H/c1-4-6-8-10-21-13(16)12-15(3,23(18,19)20)14(17)22-11-9-7-5-2;;/h4-12H2,1-3H3,(H,18,19,20);;/q;+1;-1. The first kappa shape index (κ1) is 26.1. The number of carbonyl (C=O) groups excluding carboxylic acids is 2. The molecule has 1 N–H and O–H groups in total. The van der Waals surface area contributed by atoms with E-state index in [9.17, 15) is 22.6 Å². The molecule has 0 radical (unpaired) electrons. The minimum absolute atomic E-state index is 0. The second kappa shape index (κ2) is 13.1. The fraction of sp³-hybridized carbons (Fsp3) is 0.867. The Kier molecular flexibility index (Phi) is 14.2. The molecule has 0 bridgehead atoms. The van der Waals surface area contributed by atoms with Crippen LogP contribution in [0.1, 0.15) is 67.1 Å². The quantitative estimate of drug-likeness (QED) is 0.214. The van der Waals surface area contributed by atoms with Crippen molar-refractivity contribution in [2.24, 2.45) is 0 Å². The first-order valence-corrected chi connectivity index (χ1v) is 9.43. The topological polar surface area (TPSA) is 107 Å². The van der Waals surface area contributed by atoms with Gasteiger partial charge in [0.25, 0.3) is 10.1 Å². The van der Waals surface area contributed by atoms with Crippen molar-refractivity contribution in [3.8, 4) is 0 Å². The van der Waals surface area contributed by atoms with Crippen molar-refractivity contribution in [1.82, 2.24) is 0 Å². The molecule has 0 rings (SSSR count). The van der Waals surface area contributed by atoms with Crippen molar-refractivity contribution >= 4 is 22.1 Å². The average Bonchev–Trinajstić information content (AvgIpc) is 2.46. The fourth-order valence-corrected chi connectivity index (χ4v) is 2.37. The normalized spacial score (nSPS) is 13.5. The zero-order valence-electron chi connectivity index (χ0n) is 16.2. The van der Waals surface area contributed by atoms with E-state index in [4.69, 9.17) is 9.47 Å². The third kappa shape index (κ3) is 9.36. The third-order valence-corrected chi connectivity index (χ3v) is 4.92. The minimum Gasteiger partial charge on any atom is -1.00 e. The van der Waals surface area contributed by atoms with Crippen LogP contribution in [0.4, 0.5) is 0 Å². The minimum atomic E-state index is -4.81. The number of hydrogen-bond donors (Lipinski definition) is 1. The molecule has 1 unspecified atom stereocenters. The van der Waals surface area contributed by atoms with Crippen molar-refractivity contribution in [1.29, 1.82) is 0 Å². The fourth-order valence-electron chi connectivity index (χ4n) is 1.80. The zero-order valence-corrected chi connectivity index (χ0v) is 18.0. The Labute approximate surface area is 168 Å². The molecule has 0 aromatic heterocycles. The van der Waals surface area contributed by atoms with Crippen LogP contribution >= 0.6 is 0 Å². The monoisotopic (exact) mass is 376 g/mol. The van der Waals surface area contributed by atoms with E-state index >= 15 is 0 Å². The summed E-state index contributed by atoms with van der Waals surface area (Å²) >= 11 is 0. The first-order chi connectivity index (χ1) is 10.7. The number of hydrogen-bond acceptors (Lipinski definition) is 6. The molecule has 24 heavy (non-hydrogen) atoms. The molecule has 1 atom stereocenters. The molecule has 0 aliphatic rings. The van der Waals surface area contributed by atoms with Crippen molar-refractivity contribution < 1.29 is 63.0 Å². The smallest absolute Gasteiger partial charge is 1.00 e. The van der Waals surface area contributed by atoms with Crippen molar-refractivity contribution in [2.75, 3.05) is 13.2 Å². The van der Waals surface area contributed by atoms with Gasteiger partial charge in [0, 0.05) is 0 Å². The van der Waals surface area contributed by atoms with Crippen LogP contribution in [-0.2, 0) is 29.2 Å². The maximum absolute atomic E-state index is 12.0. The van der Waals surface area contributed by atoms with E-state index in [0.29, 0.717) is 12.8 Å². The Bertz CT molecular complexity index is 484. The molecule has 0 heterocycles. The predicted molar refractivity (Wildman–Crippen MR) is 86.7 cm³/mol. The summed E-state index contributed by atoms with van der Waals surface area (Å²) < 4.78 is 39.9. The molecular weight excluding hydrogens is 347 g/mol. The van der Waals surface area contributed by atoms with Gasteiger partial charge in [0.15, 0.2) is 0 Å². The summed E-state index contributed by atoms with van der Waals surface area (Å²) in [6.45, 7) is 5.13. The Hall–Kier alpha value is -0.150. The van der Waals surface area contributed by atoms with Gasteiger partial charge in [-0.05, 0) is 19.8 Å². The van der Waals surface area contributed by atoms with Gasteiger partial charge in [-0.1, -0.05) is 39.5 Å². The predicted octanol–water partition coefficient (Wildman–Crippen LogP) is -0.394. The number of esters is 2. The first-order valence-electron chi connectivity index (χ1n) is 7.99. The van der Waals surface area contributed by atoms with Crippen molar-refractivity contribution in [2.45, 2.75) is 70.5 Å². The molecule has 0 aliphatic heterocycles. The van der Waals surface area contributed by atoms with E-state index in [2.05, 4.69) is 0 Å². The summed E-state index contributed by atoms with van der Waals surface area (Å²) in [6, 6.07) is 0. The van der Waals surface area contributed by atoms with Crippen LogP contribution in [-0.4, -0.2) is 42.9 Å². The number of ether oxygens (including phenoxy) is 2. The van der Waals surface area contributed by atoms with Gasteiger partial charge in [0.05, 0.1) is 19.6 Å². The van der Waals surface area contributed by atoms with Crippen LogP contribution in [0.5, 0.6) is 0 Å². The third-order valence-electron chi connectivity index (χ3n) is 3.47. The van der Waals surface area contributed by atoms with Crippen molar-refractivity contribution in [3.63, 3.8) is 0 Å². The maximum Gasteiger partial charge on any atom is 1.00 e. The van der Waals surface area contributed by atoms with Crippen LogP contribution in [0.15, 0.2) is 0 Å². The Balaban J connectivity index is -0.00000242. The summed E-state index contributed by atoms with van der Waals surface area (Å²) in [5, 5.41) is 0. The van der Waals surface area contributed by atoms with E-state index in [1.54, 1.807) is 0 Å². The molecule has 0 saturated heterocycles. The molecule has 0 spiro atoms. The molecule has 0 aliphatic carbocycles. The van der Waals surface area contributed by atoms with Crippen LogP contribution in [0, 0.1) is 0 Å². The summed E-state index contributed by atoms with van der Waals surface area (Å²) in [5.74, 6) is -1.99. The van der Waals surface area contributed by atoms with Crippen LogP contribution < -0.4 is 29.6 Å².